The first-order valence-corrected chi connectivity index (χ1v) is 6.11. The summed E-state index contributed by atoms with van der Waals surface area (Å²) in [5.74, 6) is -0.512. The van der Waals surface area contributed by atoms with Crippen LogP contribution in [0.1, 0.15) is 30.6 Å². The Hall–Kier alpha value is -1.62. The van der Waals surface area contributed by atoms with E-state index in [4.69, 9.17) is 16.7 Å². The van der Waals surface area contributed by atoms with E-state index in [0.29, 0.717) is 17.0 Å². The van der Waals surface area contributed by atoms with E-state index in [1.165, 1.54) is 6.20 Å². The first kappa shape index (κ1) is 12.8. The van der Waals surface area contributed by atoms with Gasteiger partial charge in [-0.15, -0.1) is 0 Å². The molecule has 0 spiro atoms. The molecule has 0 aliphatic rings. The normalized spacial score (nSPS) is 11.3. The number of hydrogen-bond acceptors (Lipinski definition) is 3. The van der Waals surface area contributed by atoms with Crippen molar-refractivity contribution in [1.29, 1.82) is 0 Å². The highest BCUT2D eigenvalue weighted by molar-refractivity contribution is 6.37. The standard InChI is InChI=1S/C12H14ClN3O2/c1-7(2)3-4-16-11-8(6-15-16)10(13)9(5-14-11)12(17)18/h5-7H,3-4H2,1-2H3,(H,17,18). The number of pyridine rings is 1. The van der Waals surface area contributed by atoms with Gasteiger partial charge < -0.3 is 5.11 Å². The minimum Gasteiger partial charge on any atom is -0.478 e. The summed E-state index contributed by atoms with van der Waals surface area (Å²) in [6.07, 6.45) is 3.83. The van der Waals surface area contributed by atoms with Crippen LogP contribution in [0.3, 0.4) is 0 Å². The first-order chi connectivity index (χ1) is 8.50. The van der Waals surface area contributed by atoms with Gasteiger partial charge in [0, 0.05) is 12.7 Å². The molecule has 0 aliphatic carbocycles. The maximum atomic E-state index is 10.9. The van der Waals surface area contributed by atoms with E-state index < -0.39 is 5.97 Å². The highest BCUT2D eigenvalue weighted by Gasteiger charge is 2.15. The second kappa shape index (κ2) is 4.94. The van der Waals surface area contributed by atoms with Gasteiger partial charge in [0.2, 0.25) is 0 Å². The highest BCUT2D eigenvalue weighted by Crippen LogP contribution is 2.25. The molecule has 18 heavy (non-hydrogen) atoms. The zero-order valence-electron chi connectivity index (χ0n) is 10.2. The van der Waals surface area contributed by atoms with Crippen LogP contribution in [0.5, 0.6) is 0 Å². The monoisotopic (exact) mass is 267 g/mol. The molecule has 0 fully saturated rings. The van der Waals surface area contributed by atoms with Gasteiger partial charge in [0.05, 0.1) is 22.2 Å². The summed E-state index contributed by atoms with van der Waals surface area (Å²) in [5, 5.41) is 13.9. The summed E-state index contributed by atoms with van der Waals surface area (Å²) < 4.78 is 1.76. The van der Waals surface area contributed by atoms with Gasteiger partial charge in [-0.3, -0.25) is 0 Å². The fraction of sp³-hybridized carbons (Fsp3) is 0.417. The molecule has 6 heteroatoms. The number of halogens is 1. The quantitative estimate of drug-likeness (QED) is 0.925. The van der Waals surface area contributed by atoms with Crippen LogP contribution in [-0.2, 0) is 6.54 Å². The van der Waals surface area contributed by atoms with E-state index >= 15 is 0 Å². The molecule has 2 aromatic rings. The van der Waals surface area contributed by atoms with Gasteiger partial charge in [-0.05, 0) is 12.3 Å². The third-order valence-electron chi connectivity index (χ3n) is 2.75. The Morgan fingerprint density at radius 1 is 1.50 bits per heavy atom. The SMILES string of the molecule is CC(C)CCn1ncc2c(Cl)c(C(=O)O)cnc21. The van der Waals surface area contributed by atoms with E-state index in [0.717, 1.165) is 13.0 Å². The van der Waals surface area contributed by atoms with Gasteiger partial charge >= 0.3 is 5.97 Å². The maximum Gasteiger partial charge on any atom is 0.338 e. The molecule has 0 radical (unpaired) electrons. The fourth-order valence-corrected chi connectivity index (χ4v) is 1.95. The van der Waals surface area contributed by atoms with Crippen molar-refractivity contribution >= 4 is 28.6 Å². The number of rotatable bonds is 4. The molecule has 2 aromatic heterocycles. The first-order valence-electron chi connectivity index (χ1n) is 5.74. The van der Waals surface area contributed by atoms with Gasteiger partial charge in [-0.2, -0.15) is 5.10 Å². The van der Waals surface area contributed by atoms with Gasteiger partial charge in [0.25, 0.3) is 0 Å². The summed E-state index contributed by atoms with van der Waals surface area (Å²) in [6, 6.07) is 0. The van der Waals surface area contributed by atoms with Crippen molar-refractivity contribution in [2.75, 3.05) is 0 Å². The summed E-state index contributed by atoms with van der Waals surface area (Å²) in [6.45, 7) is 5.01. The highest BCUT2D eigenvalue weighted by atomic mass is 35.5. The number of hydrogen-bond donors (Lipinski definition) is 1. The molecule has 1 N–H and O–H groups in total. The molecule has 0 bridgehead atoms. The molecule has 2 heterocycles. The molecule has 2 rings (SSSR count). The Kier molecular flexibility index (Phi) is 3.52. The van der Waals surface area contributed by atoms with E-state index in [9.17, 15) is 4.79 Å². The molecule has 0 saturated heterocycles. The lowest BCUT2D eigenvalue weighted by Gasteiger charge is -2.06. The number of carboxylic acid groups (broad SMARTS) is 1. The van der Waals surface area contributed by atoms with E-state index in [1.54, 1.807) is 10.9 Å². The minimum atomic E-state index is -1.08. The van der Waals surface area contributed by atoms with Crippen LogP contribution in [0.25, 0.3) is 11.0 Å². The van der Waals surface area contributed by atoms with Crippen molar-refractivity contribution in [2.45, 2.75) is 26.8 Å². The summed E-state index contributed by atoms with van der Waals surface area (Å²) >= 11 is 6.04. The van der Waals surface area contributed by atoms with Gasteiger partial charge in [-0.25, -0.2) is 14.5 Å². The Bertz CT molecular complexity index is 592. The largest absolute Gasteiger partial charge is 0.478 e. The van der Waals surface area contributed by atoms with Crippen molar-refractivity contribution < 1.29 is 9.90 Å². The number of carboxylic acids is 1. The minimum absolute atomic E-state index is 0.00702. The van der Waals surface area contributed by atoms with Crippen molar-refractivity contribution in [2.24, 2.45) is 5.92 Å². The number of carbonyl (C=O) groups is 1. The Morgan fingerprint density at radius 3 is 2.83 bits per heavy atom. The van der Waals surface area contributed by atoms with Crippen LogP contribution in [0.15, 0.2) is 12.4 Å². The van der Waals surface area contributed by atoms with Crippen LogP contribution in [0, 0.1) is 5.92 Å². The second-order valence-electron chi connectivity index (χ2n) is 4.58. The van der Waals surface area contributed by atoms with E-state index in [-0.39, 0.29) is 10.6 Å². The Morgan fingerprint density at radius 2 is 2.22 bits per heavy atom. The van der Waals surface area contributed by atoms with Gasteiger partial charge in [0.1, 0.15) is 0 Å². The average molecular weight is 268 g/mol. The lowest BCUT2D eigenvalue weighted by Crippen LogP contribution is -2.05. The molecule has 0 atom stereocenters. The fourth-order valence-electron chi connectivity index (χ4n) is 1.69. The second-order valence-corrected chi connectivity index (χ2v) is 4.96. The lowest BCUT2D eigenvalue weighted by molar-refractivity contribution is 0.0697. The predicted molar refractivity (Wildman–Crippen MR) is 69.0 cm³/mol. The van der Waals surface area contributed by atoms with Crippen molar-refractivity contribution in [3.05, 3.63) is 23.0 Å². The van der Waals surface area contributed by atoms with Crippen molar-refractivity contribution in [1.82, 2.24) is 14.8 Å². The maximum absolute atomic E-state index is 10.9. The summed E-state index contributed by atoms with van der Waals surface area (Å²) in [5.41, 5.74) is 0.637. The third-order valence-corrected chi connectivity index (χ3v) is 3.16. The molecule has 0 aromatic carbocycles. The van der Waals surface area contributed by atoms with E-state index in [1.807, 2.05) is 0 Å². The van der Waals surface area contributed by atoms with Crippen molar-refractivity contribution in [3.63, 3.8) is 0 Å². The molecule has 96 valence electrons. The van der Waals surface area contributed by atoms with Crippen LogP contribution >= 0.6 is 11.6 Å². The molecular weight excluding hydrogens is 254 g/mol. The topological polar surface area (TPSA) is 68.0 Å². The number of aromatic nitrogens is 3. The summed E-state index contributed by atoms with van der Waals surface area (Å²) in [4.78, 5) is 15.1. The van der Waals surface area contributed by atoms with Crippen LogP contribution in [-0.4, -0.2) is 25.8 Å². The lowest BCUT2D eigenvalue weighted by atomic mass is 10.1. The van der Waals surface area contributed by atoms with Crippen molar-refractivity contribution in [3.8, 4) is 0 Å². The number of aromatic carboxylic acids is 1. The smallest absolute Gasteiger partial charge is 0.338 e. The molecule has 0 amide bonds. The third kappa shape index (κ3) is 2.31. The number of aryl methyl sites for hydroxylation is 1. The van der Waals surface area contributed by atoms with Crippen LogP contribution in [0.4, 0.5) is 0 Å². The van der Waals surface area contributed by atoms with Crippen LogP contribution in [0.2, 0.25) is 5.02 Å². The van der Waals surface area contributed by atoms with Crippen LogP contribution < -0.4 is 0 Å². The Balaban J connectivity index is 2.43. The molecule has 0 unspecified atom stereocenters. The predicted octanol–water partition coefficient (Wildman–Crippen LogP) is 2.83. The number of nitrogens with zero attached hydrogens (tertiary/aromatic N) is 3. The molecule has 5 nitrogen and oxygen atoms in total. The average Bonchev–Trinajstić information content (AvgIpc) is 2.70. The van der Waals surface area contributed by atoms with E-state index in [2.05, 4.69) is 23.9 Å². The summed E-state index contributed by atoms with van der Waals surface area (Å²) in [7, 11) is 0. The molecular formula is C12H14ClN3O2. The zero-order chi connectivity index (χ0) is 13.3. The van der Waals surface area contributed by atoms with Gasteiger partial charge in [0.15, 0.2) is 5.65 Å². The Labute approximate surface area is 109 Å². The zero-order valence-corrected chi connectivity index (χ0v) is 11.0. The van der Waals surface area contributed by atoms with Gasteiger partial charge in [-0.1, -0.05) is 25.4 Å². The molecule has 0 aliphatic heterocycles. The molecule has 0 saturated carbocycles. The number of fused-ring (bicyclic) bond motifs is 1.